The second-order valence-electron chi connectivity index (χ2n) is 18.7. The summed E-state index contributed by atoms with van der Waals surface area (Å²) in [6, 6.07) is 42.7. The Labute approximate surface area is 413 Å². The van der Waals surface area contributed by atoms with E-state index in [1.54, 1.807) is 18.2 Å². The Kier molecular flexibility index (Phi) is 18.0. The van der Waals surface area contributed by atoms with Crippen molar-refractivity contribution in [2.24, 2.45) is 0 Å². The number of nitrogens with one attached hydrogen (secondary N) is 1. The van der Waals surface area contributed by atoms with Crippen molar-refractivity contribution < 1.29 is 33.8 Å². The molecular weight excluding hydrogens is 877 g/mol. The van der Waals surface area contributed by atoms with Crippen molar-refractivity contribution in [2.45, 2.75) is 85.7 Å². The molecule has 0 bridgehead atoms. The fraction of sp³-hybridized carbons (Fsp3) is 0.322. The number of carbonyl (C=O) groups excluding carboxylic acids is 4. The van der Waals surface area contributed by atoms with Crippen LogP contribution in [0.2, 0.25) is 0 Å². The lowest BCUT2D eigenvalue weighted by molar-refractivity contribution is -0.117. The van der Waals surface area contributed by atoms with E-state index in [-0.39, 0.29) is 23.6 Å². The molecule has 11 nitrogen and oxygen atoms in total. The molecule has 0 saturated heterocycles. The lowest BCUT2D eigenvalue weighted by Gasteiger charge is -2.21. The van der Waals surface area contributed by atoms with Crippen LogP contribution in [0.4, 0.5) is 5.69 Å². The summed E-state index contributed by atoms with van der Waals surface area (Å²) in [4.78, 5) is 54.3. The van der Waals surface area contributed by atoms with Gasteiger partial charge in [0.25, 0.3) is 0 Å². The number of amides is 1. The maximum atomic E-state index is 12.1. The largest absolute Gasteiger partial charge is 0.465 e. The topological polar surface area (TPSA) is 129 Å². The fourth-order valence-electron chi connectivity index (χ4n) is 9.19. The van der Waals surface area contributed by atoms with Gasteiger partial charge in [0, 0.05) is 50.5 Å². The van der Waals surface area contributed by atoms with Crippen LogP contribution in [0.5, 0.6) is 0 Å². The number of carbonyl (C=O) groups is 4. The number of rotatable bonds is 10. The molecule has 2 N–H and O–H groups in total. The van der Waals surface area contributed by atoms with Gasteiger partial charge in [-0.25, -0.2) is 9.59 Å². The molecule has 0 fully saturated rings. The van der Waals surface area contributed by atoms with Crippen LogP contribution in [0.1, 0.15) is 105 Å². The number of ether oxygens (including phenoxy) is 2. The zero-order valence-electron chi connectivity index (χ0n) is 41.3. The van der Waals surface area contributed by atoms with Gasteiger partial charge >= 0.3 is 11.9 Å². The summed E-state index contributed by atoms with van der Waals surface area (Å²) in [6.45, 7) is 13.2. The molecule has 0 aromatic heterocycles. The van der Waals surface area contributed by atoms with Gasteiger partial charge in [-0.3, -0.25) is 24.3 Å². The van der Waals surface area contributed by atoms with Crippen molar-refractivity contribution in [3.8, 4) is 0 Å². The highest BCUT2D eigenvalue weighted by atomic mass is 16.5. The van der Waals surface area contributed by atoms with Crippen LogP contribution in [0.15, 0.2) is 127 Å². The molecule has 6 aromatic carbocycles. The minimum Gasteiger partial charge on any atom is -0.465 e. The second-order valence-corrected chi connectivity index (χ2v) is 18.7. The number of aliphatic hydroxyl groups excluding tert-OH is 1. The van der Waals surface area contributed by atoms with Crippen LogP contribution in [0.3, 0.4) is 0 Å². The number of hydrogen-bond donors (Lipinski definition) is 2. The Bertz CT molecular complexity index is 2630. The van der Waals surface area contributed by atoms with Gasteiger partial charge in [0.2, 0.25) is 5.91 Å². The summed E-state index contributed by atoms with van der Waals surface area (Å²) in [6.07, 6.45) is 4.40. The maximum absolute atomic E-state index is 12.1. The van der Waals surface area contributed by atoms with E-state index >= 15 is 0 Å². The smallest absolute Gasteiger partial charge is 0.337 e. The predicted molar refractivity (Wildman–Crippen MR) is 275 cm³/mol. The Hall–Kier alpha value is -6.76. The molecule has 0 atom stereocenters. The summed E-state index contributed by atoms with van der Waals surface area (Å²) in [5, 5.41) is 12.0. The van der Waals surface area contributed by atoms with Gasteiger partial charge in [0.05, 0.1) is 31.9 Å². The molecule has 6 aromatic rings. The number of anilines is 1. The number of ketones is 1. The van der Waals surface area contributed by atoms with Crippen molar-refractivity contribution in [3.63, 3.8) is 0 Å². The van der Waals surface area contributed by atoms with Crippen molar-refractivity contribution in [2.75, 3.05) is 45.8 Å². The van der Waals surface area contributed by atoms with Gasteiger partial charge in [0.15, 0.2) is 5.78 Å². The van der Waals surface area contributed by atoms with E-state index in [1.165, 1.54) is 64.3 Å². The second kappa shape index (κ2) is 24.7. The molecule has 0 radical (unpaired) electrons. The van der Waals surface area contributed by atoms with E-state index in [1.807, 2.05) is 37.3 Å². The standard InChI is InChI=1S/2C20H23NO2.C19H20N2O3/c1-15-5-7-16(8-6-15)13-21-11-3-4-17-9-10-18(20(22)23-2)12-19(17)14-21;1-15-4-6-16(7-5-15)12-21-10-2-3-17-8-9-18(20(23)14-22)11-19(17)13-21;1-13-3-5-14(6-4-13)10-21-11-16-9-15(19(23)24-2)7-8-17(16)20-18(22)12-21/h5-10,12H,3-4,11,13-14H2,1-2H3;4-9,11,22H,2-3,10,12-14H2,1H3;3-9H,10-12H2,1-2H3,(H,20,22). The van der Waals surface area contributed by atoms with Crippen LogP contribution in [-0.2, 0) is 66.4 Å². The van der Waals surface area contributed by atoms with Gasteiger partial charge in [0.1, 0.15) is 6.61 Å². The molecule has 0 aliphatic carbocycles. The average molecular weight is 943 g/mol. The molecule has 364 valence electrons. The van der Waals surface area contributed by atoms with Crippen molar-refractivity contribution in [1.29, 1.82) is 0 Å². The number of Topliss-reactive ketones (excluding diaryl/α,β-unsaturated/α-hetero) is 1. The molecule has 1 amide bonds. The molecule has 70 heavy (non-hydrogen) atoms. The summed E-state index contributed by atoms with van der Waals surface area (Å²) < 4.78 is 9.61. The summed E-state index contributed by atoms with van der Waals surface area (Å²) in [5.74, 6) is -0.894. The summed E-state index contributed by atoms with van der Waals surface area (Å²) in [7, 11) is 2.79. The molecule has 0 unspecified atom stereocenters. The quantitative estimate of drug-likeness (QED) is 0.101. The number of methoxy groups -OCH3 is 2. The number of aryl methyl sites for hydroxylation is 5. The zero-order chi connectivity index (χ0) is 49.6. The van der Waals surface area contributed by atoms with Gasteiger partial charge in [-0.05, 0) is 140 Å². The molecule has 11 heteroatoms. The van der Waals surface area contributed by atoms with E-state index < -0.39 is 6.61 Å². The van der Waals surface area contributed by atoms with Gasteiger partial charge in [-0.1, -0.05) is 108 Å². The Morgan fingerprint density at radius 3 is 1.36 bits per heavy atom. The van der Waals surface area contributed by atoms with E-state index in [9.17, 15) is 19.2 Å². The van der Waals surface area contributed by atoms with Gasteiger partial charge in [-0.2, -0.15) is 0 Å². The van der Waals surface area contributed by atoms with Crippen LogP contribution in [-0.4, -0.2) is 83.9 Å². The first-order valence-electron chi connectivity index (χ1n) is 24.2. The minimum atomic E-state index is -0.425. The summed E-state index contributed by atoms with van der Waals surface area (Å²) in [5.41, 5.74) is 16.1. The number of hydrogen-bond acceptors (Lipinski definition) is 10. The van der Waals surface area contributed by atoms with Gasteiger partial charge < -0.3 is 19.9 Å². The normalized spacial score (nSPS) is 14.8. The third kappa shape index (κ3) is 14.4. The Balaban J connectivity index is 0.000000155. The SMILES string of the molecule is COC(=O)c1ccc2c(c1)CN(Cc1ccc(C)cc1)CC(=O)N2.COC(=O)c1ccc2c(c1)CN(Cc1ccc(C)cc1)CCC2.Cc1ccc(CN2CCCc3ccc(C(=O)CO)cc3C2)cc1. The molecule has 3 heterocycles. The van der Waals surface area contributed by atoms with E-state index in [4.69, 9.17) is 14.6 Å². The van der Waals surface area contributed by atoms with Crippen LogP contribution in [0.25, 0.3) is 0 Å². The first-order valence-corrected chi connectivity index (χ1v) is 24.2. The molecular formula is C59H66N4O7. The maximum Gasteiger partial charge on any atom is 0.337 e. The lowest BCUT2D eigenvalue weighted by atomic mass is 9.99. The number of fused-ring (bicyclic) bond motifs is 3. The zero-order valence-corrected chi connectivity index (χ0v) is 41.3. The lowest BCUT2D eigenvalue weighted by Crippen LogP contribution is -2.29. The fourth-order valence-corrected chi connectivity index (χ4v) is 9.19. The number of benzene rings is 6. The highest BCUT2D eigenvalue weighted by Gasteiger charge is 2.22. The van der Waals surface area contributed by atoms with Crippen LogP contribution >= 0.6 is 0 Å². The molecule has 9 rings (SSSR count). The third-order valence-corrected chi connectivity index (χ3v) is 13.1. The van der Waals surface area contributed by atoms with Crippen molar-refractivity contribution in [1.82, 2.24) is 14.7 Å². The first-order chi connectivity index (χ1) is 33.9. The predicted octanol–water partition coefficient (Wildman–Crippen LogP) is 9.58. The van der Waals surface area contributed by atoms with Crippen molar-refractivity contribution in [3.05, 3.63) is 205 Å². The highest BCUT2D eigenvalue weighted by molar-refractivity contribution is 5.97. The van der Waals surface area contributed by atoms with E-state index in [0.717, 1.165) is 81.8 Å². The minimum absolute atomic E-state index is 0.0494. The highest BCUT2D eigenvalue weighted by Crippen LogP contribution is 2.26. The number of esters is 2. The first kappa shape index (κ1) is 51.1. The van der Waals surface area contributed by atoms with Crippen LogP contribution < -0.4 is 5.32 Å². The van der Waals surface area contributed by atoms with Crippen molar-refractivity contribution >= 4 is 29.3 Å². The van der Waals surface area contributed by atoms with E-state index in [0.29, 0.717) is 36.3 Å². The van der Waals surface area contributed by atoms with E-state index in [2.05, 4.69) is 113 Å². The number of nitrogens with zero attached hydrogens (tertiary/aromatic N) is 3. The van der Waals surface area contributed by atoms with Gasteiger partial charge in [-0.15, -0.1) is 0 Å². The van der Waals surface area contributed by atoms with Crippen LogP contribution in [0, 0.1) is 20.8 Å². The number of aliphatic hydroxyl groups is 1. The Morgan fingerprint density at radius 2 is 0.900 bits per heavy atom. The molecule has 3 aliphatic rings. The third-order valence-electron chi connectivity index (χ3n) is 13.1. The summed E-state index contributed by atoms with van der Waals surface area (Å²) >= 11 is 0. The average Bonchev–Trinajstić information content (AvgIpc) is 3.78. The Morgan fingerprint density at radius 1 is 0.500 bits per heavy atom. The monoisotopic (exact) mass is 942 g/mol. The molecule has 0 saturated carbocycles. The molecule has 0 spiro atoms. The molecule has 3 aliphatic heterocycles.